The first-order valence-corrected chi connectivity index (χ1v) is 15.4. The maximum absolute atomic E-state index is 13.5. The molecule has 34 heavy (non-hydrogen) atoms. The Morgan fingerprint density at radius 1 is 1.09 bits per heavy atom. The van der Waals surface area contributed by atoms with Crippen molar-refractivity contribution < 1.29 is 23.4 Å². The summed E-state index contributed by atoms with van der Waals surface area (Å²) >= 11 is 0. The molecule has 190 valence electrons. The Morgan fingerprint density at radius 3 is 2.24 bits per heavy atom. The molecule has 2 fully saturated rings. The second-order valence-electron chi connectivity index (χ2n) is 11.2. The van der Waals surface area contributed by atoms with Gasteiger partial charge in [-0.15, -0.1) is 0 Å². The lowest BCUT2D eigenvalue weighted by molar-refractivity contribution is -0.210. The fourth-order valence-electron chi connectivity index (χ4n) is 4.22. The van der Waals surface area contributed by atoms with Gasteiger partial charge in [0.05, 0.1) is 0 Å². The SMILES string of the molecule is CCN(CC)C(=O)/C(=C/[C@H]1O[C@H](O[Si](C)(C)C(C)(C)C)[C@H]2OC(C)(C)O[C@H]21)Cc1ccccc1. The van der Waals surface area contributed by atoms with Gasteiger partial charge in [0.15, 0.2) is 20.4 Å². The number of likely N-dealkylation sites (N-methyl/N-ethyl adjacent to an activating group) is 1. The maximum Gasteiger partial charge on any atom is 0.249 e. The van der Waals surface area contributed by atoms with Gasteiger partial charge in [-0.2, -0.15) is 0 Å². The summed E-state index contributed by atoms with van der Waals surface area (Å²) in [5.74, 6) is -0.705. The maximum atomic E-state index is 13.5. The fraction of sp³-hybridized carbons (Fsp3) is 0.667. The number of hydrogen-bond donors (Lipinski definition) is 0. The molecular weight excluding hydrogens is 446 g/mol. The molecule has 1 aromatic carbocycles. The van der Waals surface area contributed by atoms with Gasteiger partial charge >= 0.3 is 0 Å². The number of hydrogen-bond acceptors (Lipinski definition) is 5. The molecule has 2 aliphatic heterocycles. The van der Waals surface area contributed by atoms with Crippen molar-refractivity contribution in [3.63, 3.8) is 0 Å². The molecule has 2 aliphatic rings. The van der Waals surface area contributed by atoms with E-state index in [0.717, 1.165) is 5.56 Å². The standard InChI is InChI=1S/C27H43NO5Si/c1-10-28(11-2)24(29)20(17-19-15-13-12-14-16-19)18-21-22-23(32-27(6,7)31-22)25(30-21)33-34(8,9)26(3,4)5/h12-16,18,21-23,25H,10-11,17H2,1-9H3/b20-18+/t21-,22+,23+,25-/m1/s1. The summed E-state index contributed by atoms with van der Waals surface area (Å²) in [7, 11) is -2.11. The number of rotatable bonds is 8. The third kappa shape index (κ3) is 6.00. The normalized spacial score (nSPS) is 27.0. The van der Waals surface area contributed by atoms with E-state index in [4.69, 9.17) is 18.6 Å². The molecule has 0 radical (unpaired) electrons. The fourth-order valence-corrected chi connectivity index (χ4v) is 5.35. The summed E-state index contributed by atoms with van der Waals surface area (Å²) in [5, 5.41) is 0.0337. The number of benzene rings is 1. The zero-order valence-electron chi connectivity index (χ0n) is 22.4. The van der Waals surface area contributed by atoms with Gasteiger partial charge in [0.1, 0.15) is 18.3 Å². The Balaban J connectivity index is 1.94. The van der Waals surface area contributed by atoms with Crippen molar-refractivity contribution in [2.75, 3.05) is 13.1 Å². The topological polar surface area (TPSA) is 57.2 Å². The molecule has 0 saturated carbocycles. The molecule has 0 aliphatic carbocycles. The van der Waals surface area contributed by atoms with Crippen LogP contribution in [0.4, 0.5) is 0 Å². The molecular formula is C27H43NO5Si. The van der Waals surface area contributed by atoms with Crippen molar-refractivity contribution in [2.45, 2.75) is 103 Å². The zero-order valence-corrected chi connectivity index (χ0v) is 23.4. The largest absolute Gasteiger partial charge is 0.390 e. The Labute approximate surface area is 206 Å². The van der Waals surface area contributed by atoms with Crippen molar-refractivity contribution in [3.8, 4) is 0 Å². The lowest BCUT2D eigenvalue weighted by Gasteiger charge is -2.39. The van der Waals surface area contributed by atoms with Crippen molar-refractivity contribution >= 4 is 14.2 Å². The van der Waals surface area contributed by atoms with Crippen LogP contribution in [0.15, 0.2) is 42.0 Å². The minimum Gasteiger partial charge on any atom is -0.390 e. The number of amides is 1. The molecule has 0 bridgehead atoms. The van der Waals surface area contributed by atoms with Gasteiger partial charge in [0.25, 0.3) is 0 Å². The minimum absolute atomic E-state index is 0.0287. The lowest BCUT2D eigenvalue weighted by Crippen LogP contribution is -2.47. The van der Waals surface area contributed by atoms with Crippen LogP contribution in [0.3, 0.4) is 0 Å². The van der Waals surface area contributed by atoms with E-state index in [1.165, 1.54) is 0 Å². The highest BCUT2D eigenvalue weighted by atomic mass is 28.4. The molecule has 3 rings (SSSR count). The van der Waals surface area contributed by atoms with E-state index in [-0.39, 0.29) is 23.2 Å². The number of carbonyl (C=O) groups is 1. The van der Waals surface area contributed by atoms with E-state index < -0.39 is 26.5 Å². The molecule has 7 heteroatoms. The Morgan fingerprint density at radius 2 is 1.68 bits per heavy atom. The first-order chi connectivity index (χ1) is 15.8. The highest BCUT2D eigenvalue weighted by Crippen LogP contribution is 2.44. The third-order valence-electron chi connectivity index (χ3n) is 7.19. The quantitative estimate of drug-likeness (QED) is 0.367. The third-order valence-corrected chi connectivity index (χ3v) is 11.6. The molecule has 0 N–H and O–H groups in total. The first kappa shape index (κ1) is 27.1. The summed E-state index contributed by atoms with van der Waals surface area (Å²) in [6.07, 6.45) is 0.846. The Bertz CT molecular complexity index is 873. The average molecular weight is 490 g/mol. The molecule has 6 nitrogen and oxygen atoms in total. The van der Waals surface area contributed by atoms with Crippen molar-refractivity contribution in [1.82, 2.24) is 4.90 Å². The van der Waals surface area contributed by atoms with Crippen molar-refractivity contribution in [3.05, 3.63) is 47.5 Å². The van der Waals surface area contributed by atoms with Gasteiger partial charge in [-0.25, -0.2) is 0 Å². The molecule has 0 aromatic heterocycles. The first-order valence-electron chi connectivity index (χ1n) is 12.5. The van der Waals surface area contributed by atoms with Crippen LogP contribution in [0, 0.1) is 0 Å². The van der Waals surface area contributed by atoms with Crippen LogP contribution in [-0.4, -0.2) is 62.6 Å². The van der Waals surface area contributed by atoms with E-state index >= 15 is 0 Å². The number of carbonyl (C=O) groups excluding carboxylic acids is 1. The van der Waals surface area contributed by atoms with Gasteiger partial charge in [-0.05, 0) is 57.5 Å². The second-order valence-corrected chi connectivity index (χ2v) is 16.0. The van der Waals surface area contributed by atoms with Crippen molar-refractivity contribution in [2.24, 2.45) is 0 Å². The van der Waals surface area contributed by atoms with Crippen LogP contribution < -0.4 is 0 Å². The average Bonchev–Trinajstić information content (AvgIpc) is 3.21. The molecule has 0 unspecified atom stereocenters. The summed E-state index contributed by atoms with van der Waals surface area (Å²) in [6.45, 7) is 20.2. The summed E-state index contributed by atoms with van der Waals surface area (Å²) in [6, 6.07) is 10.1. The molecule has 1 aromatic rings. The predicted molar refractivity (Wildman–Crippen MR) is 137 cm³/mol. The summed E-state index contributed by atoms with van der Waals surface area (Å²) in [5.41, 5.74) is 1.79. The summed E-state index contributed by atoms with van der Waals surface area (Å²) in [4.78, 5) is 15.3. The monoisotopic (exact) mass is 489 g/mol. The van der Waals surface area contributed by atoms with Crippen LogP contribution in [0.1, 0.15) is 54.0 Å². The van der Waals surface area contributed by atoms with E-state index in [0.29, 0.717) is 25.1 Å². The van der Waals surface area contributed by atoms with Gasteiger partial charge in [0, 0.05) is 25.1 Å². The molecule has 2 heterocycles. The highest BCUT2D eigenvalue weighted by Gasteiger charge is 2.57. The highest BCUT2D eigenvalue weighted by molar-refractivity contribution is 6.74. The Kier molecular flexibility index (Phi) is 8.15. The molecule has 4 atom stereocenters. The summed E-state index contributed by atoms with van der Waals surface area (Å²) < 4.78 is 25.6. The number of ether oxygens (including phenoxy) is 3. The predicted octanol–water partition coefficient (Wildman–Crippen LogP) is 5.29. The smallest absolute Gasteiger partial charge is 0.249 e. The molecule has 0 spiro atoms. The van der Waals surface area contributed by atoms with Crippen LogP contribution >= 0.6 is 0 Å². The van der Waals surface area contributed by atoms with Gasteiger partial charge < -0.3 is 23.5 Å². The van der Waals surface area contributed by atoms with Crippen LogP contribution in [0.5, 0.6) is 0 Å². The van der Waals surface area contributed by atoms with Crippen LogP contribution in [0.25, 0.3) is 0 Å². The van der Waals surface area contributed by atoms with E-state index in [1.54, 1.807) is 0 Å². The Hall–Kier alpha value is -1.51. The van der Waals surface area contributed by atoms with E-state index in [2.05, 4.69) is 33.9 Å². The van der Waals surface area contributed by atoms with E-state index in [1.807, 2.05) is 69.0 Å². The lowest BCUT2D eigenvalue weighted by atomic mass is 10.00. The zero-order chi connectivity index (χ0) is 25.3. The van der Waals surface area contributed by atoms with Crippen LogP contribution in [-0.2, 0) is 29.9 Å². The number of fused-ring (bicyclic) bond motifs is 1. The van der Waals surface area contributed by atoms with Gasteiger partial charge in [0.2, 0.25) is 5.91 Å². The number of nitrogens with zero attached hydrogens (tertiary/aromatic N) is 1. The van der Waals surface area contributed by atoms with Gasteiger partial charge in [-0.3, -0.25) is 4.79 Å². The second kappa shape index (κ2) is 10.2. The molecule has 2 saturated heterocycles. The van der Waals surface area contributed by atoms with E-state index in [9.17, 15) is 4.79 Å². The minimum atomic E-state index is -2.11. The van der Waals surface area contributed by atoms with Gasteiger partial charge in [-0.1, -0.05) is 51.1 Å². The molecule has 1 amide bonds. The van der Waals surface area contributed by atoms with Crippen molar-refractivity contribution in [1.29, 1.82) is 0 Å². The van der Waals surface area contributed by atoms with Crippen LogP contribution in [0.2, 0.25) is 18.1 Å².